The number of carboxylic acids is 1. The highest BCUT2D eigenvalue weighted by Crippen LogP contribution is 2.26. The van der Waals surface area contributed by atoms with Gasteiger partial charge < -0.3 is 15.7 Å². The highest BCUT2D eigenvalue weighted by Gasteiger charge is 2.20. The van der Waals surface area contributed by atoms with Crippen LogP contribution in [0.3, 0.4) is 0 Å². The van der Waals surface area contributed by atoms with Crippen molar-refractivity contribution >= 4 is 40.9 Å². The molecule has 7 heteroatoms. The van der Waals surface area contributed by atoms with E-state index >= 15 is 0 Å². The minimum Gasteiger partial charge on any atom is -0.478 e. The largest absolute Gasteiger partial charge is 0.478 e. The third-order valence-electron chi connectivity index (χ3n) is 4.86. The van der Waals surface area contributed by atoms with Crippen molar-refractivity contribution in [3.8, 4) is 0 Å². The van der Waals surface area contributed by atoms with E-state index < -0.39 is 5.97 Å². The summed E-state index contributed by atoms with van der Waals surface area (Å²) in [5, 5.41) is 14.7. The Balaban J connectivity index is 1.47. The molecule has 2 aromatic rings. The van der Waals surface area contributed by atoms with Gasteiger partial charge in [-0.25, -0.2) is 4.79 Å². The van der Waals surface area contributed by atoms with E-state index in [1.54, 1.807) is 12.1 Å². The van der Waals surface area contributed by atoms with Crippen LogP contribution in [0.25, 0.3) is 0 Å². The topological polar surface area (TPSA) is 95.5 Å². The maximum Gasteiger partial charge on any atom is 0.335 e. The second-order valence-corrected chi connectivity index (χ2v) is 8.12. The Kier molecular flexibility index (Phi) is 7.30. The Labute approximate surface area is 174 Å². The average molecular weight is 413 g/mol. The molecule has 1 saturated carbocycles. The number of hydrogen-bond donors (Lipinski definition) is 3. The number of rotatable bonds is 7. The highest BCUT2D eigenvalue weighted by molar-refractivity contribution is 8.00. The number of carbonyl (C=O) groups excluding carboxylic acids is 2. The number of anilines is 2. The monoisotopic (exact) mass is 412 g/mol. The molecule has 1 aliphatic carbocycles. The second-order valence-electron chi connectivity index (χ2n) is 7.07. The Morgan fingerprint density at radius 2 is 1.66 bits per heavy atom. The summed E-state index contributed by atoms with van der Waals surface area (Å²) in [4.78, 5) is 36.3. The smallest absolute Gasteiger partial charge is 0.335 e. The van der Waals surface area contributed by atoms with Crippen LogP contribution in [0, 0.1) is 5.92 Å². The summed E-state index contributed by atoms with van der Waals surface area (Å²) >= 11 is 1.37. The van der Waals surface area contributed by atoms with Gasteiger partial charge in [-0.1, -0.05) is 25.3 Å². The third-order valence-corrected chi connectivity index (χ3v) is 5.87. The van der Waals surface area contributed by atoms with E-state index in [1.165, 1.54) is 30.3 Å². The van der Waals surface area contributed by atoms with Gasteiger partial charge in [-0.2, -0.15) is 0 Å². The number of amides is 2. The normalized spacial score (nSPS) is 14.2. The number of carbonyl (C=O) groups is 3. The van der Waals surface area contributed by atoms with Gasteiger partial charge in [-0.3, -0.25) is 9.59 Å². The molecule has 0 spiro atoms. The van der Waals surface area contributed by atoms with Crippen molar-refractivity contribution in [2.45, 2.75) is 37.0 Å². The van der Waals surface area contributed by atoms with Gasteiger partial charge in [0.15, 0.2) is 0 Å². The lowest BCUT2D eigenvalue weighted by atomic mass is 9.88. The average Bonchev–Trinajstić information content (AvgIpc) is 2.74. The van der Waals surface area contributed by atoms with Crippen molar-refractivity contribution in [1.29, 1.82) is 0 Å². The molecule has 0 saturated heterocycles. The summed E-state index contributed by atoms with van der Waals surface area (Å²) in [5.74, 6) is -0.849. The zero-order valence-electron chi connectivity index (χ0n) is 16.0. The van der Waals surface area contributed by atoms with Crippen molar-refractivity contribution < 1.29 is 19.5 Å². The standard InChI is InChI=1S/C22H24N2O4S/c25-20(23-18-8-4-7-16(13-18)22(27)28)14-29-19-11-9-17(10-12-19)24-21(26)15-5-2-1-3-6-15/h4,7-13,15H,1-3,5-6,14H2,(H,23,25)(H,24,26)(H,27,28). The van der Waals surface area contributed by atoms with Gasteiger partial charge in [0.1, 0.15) is 0 Å². The number of hydrogen-bond acceptors (Lipinski definition) is 4. The van der Waals surface area contributed by atoms with Crippen LogP contribution in [0.1, 0.15) is 42.5 Å². The molecule has 0 atom stereocenters. The molecule has 0 unspecified atom stereocenters. The fourth-order valence-electron chi connectivity index (χ4n) is 3.32. The minimum atomic E-state index is -1.04. The van der Waals surface area contributed by atoms with Gasteiger partial charge in [-0.05, 0) is 55.3 Å². The second kappa shape index (κ2) is 10.1. The minimum absolute atomic E-state index is 0.0908. The molecule has 0 heterocycles. The summed E-state index contributed by atoms with van der Waals surface area (Å²) in [6.45, 7) is 0. The molecule has 1 aliphatic rings. The maximum absolute atomic E-state index is 12.3. The van der Waals surface area contributed by atoms with Gasteiger partial charge in [0.2, 0.25) is 11.8 Å². The molecule has 2 amide bonds. The van der Waals surface area contributed by atoms with Crippen molar-refractivity contribution in [3.63, 3.8) is 0 Å². The molecule has 6 nitrogen and oxygen atoms in total. The quantitative estimate of drug-likeness (QED) is 0.576. The van der Waals surface area contributed by atoms with Crippen molar-refractivity contribution in [3.05, 3.63) is 54.1 Å². The van der Waals surface area contributed by atoms with E-state index in [2.05, 4.69) is 10.6 Å². The van der Waals surface area contributed by atoms with Gasteiger partial charge >= 0.3 is 5.97 Å². The number of aromatic carboxylic acids is 1. The van der Waals surface area contributed by atoms with Crippen molar-refractivity contribution in [2.24, 2.45) is 5.92 Å². The summed E-state index contributed by atoms with van der Waals surface area (Å²) in [6.07, 6.45) is 5.38. The van der Waals surface area contributed by atoms with E-state index in [0.717, 1.165) is 36.3 Å². The van der Waals surface area contributed by atoms with Crippen LogP contribution >= 0.6 is 11.8 Å². The molecule has 0 bridgehead atoms. The summed E-state index contributed by atoms with van der Waals surface area (Å²) in [7, 11) is 0. The van der Waals surface area contributed by atoms with E-state index in [-0.39, 0.29) is 29.0 Å². The van der Waals surface area contributed by atoms with Crippen molar-refractivity contribution in [2.75, 3.05) is 16.4 Å². The molecule has 0 aliphatic heterocycles. The zero-order chi connectivity index (χ0) is 20.6. The first-order valence-corrected chi connectivity index (χ1v) is 10.7. The molecule has 0 aromatic heterocycles. The Morgan fingerprint density at radius 1 is 0.931 bits per heavy atom. The van der Waals surface area contributed by atoms with Gasteiger partial charge in [-0.15, -0.1) is 11.8 Å². The van der Waals surface area contributed by atoms with E-state index in [1.807, 2.05) is 24.3 Å². The molecule has 29 heavy (non-hydrogen) atoms. The summed E-state index contributed by atoms with van der Waals surface area (Å²) < 4.78 is 0. The van der Waals surface area contributed by atoms with E-state index in [0.29, 0.717) is 5.69 Å². The maximum atomic E-state index is 12.3. The number of thioether (sulfide) groups is 1. The van der Waals surface area contributed by atoms with Crippen LogP contribution in [0.15, 0.2) is 53.4 Å². The van der Waals surface area contributed by atoms with Crippen LogP contribution in [0.2, 0.25) is 0 Å². The first-order chi connectivity index (χ1) is 14.0. The molecular weight excluding hydrogens is 388 g/mol. The fourth-order valence-corrected chi connectivity index (χ4v) is 4.02. The van der Waals surface area contributed by atoms with Crippen LogP contribution in [-0.2, 0) is 9.59 Å². The summed E-state index contributed by atoms with van der Waals surface area (Å²) in [5.41, 5.74) is 1.34. The Hall–Kier alpha value is -2.80. The lowest BCUT2D eigenvalue weighted by Gasteiger charge is -2.20. The van der Waals surface area contributed by atoms with Crippen LogP contribution < -0.4 is 10.6 Å². The molecule has 2 aromatic carbocycles. The predicted octanol–water partition coefficient (Wildman–Crippen LogP) is 4.63. The molecule has 1 fully saturated rings. The Morgan fingerprint density at radius 3 is 2.34 bits per heavy atom. The predicted molar refractivity (Wildman–Crippen MR) is 114 cm³/mol. The lowest BCUT2D eigenvalue weighted by molar-refractivity contribution is -0.120. The zero-order valence-corrected chi connectivity index (χ0v) is 16.8. The fraction of sp³-hybridized carbons (Fsp3) is 0.318. The molecule has 3 rings (SSSR count). The number of carboxylic acid groups (broad SMARTS) is 1. The molecule has 152 valence electrons. The van der Waals surface area contributed by atoms with Gasteiger partial charge in [0.05, 0.1) is 11.3 Å². The first-order valence-electron chi connectivity index (χ1n) is 9.68. The van der Waals surface area contributed by atoms with Crippen LogP contribution in [-0.4, -0.2) is 28.6 Å². The molecule has 3 N–H and O–H groups in total. The summed E-state index contributed by atoms with van der Waals surface area (Å²) in [6, 6.07) is 13.6. The van der Waals surface area contributed by atoms with Crippen molar-refractivity contribution in [1.82, 2.24) is 0 Å². The highest BCUT2D eigenvalue weighted by atomic mass is 32.2. The third kappa shape index (κ3) is 6.35. The van der Waals surface area contributed by atoms with Gasteiger partial charge in [0.25, 0.3) is 0 Å². The Bertz CT molecular complexity index is 877. The van der Waals surface area contributed by atoms with Crippen LogP contribution in [0.4, 0.5) is 11.4 Å². The van der Waals surface area contributed by atoms with E-state index in [4.69, 9.17) is 5.11 Å². The molecule has 0 radical (unpaired) electrons. The SMILES string of the molecule is O=C(CSc1ccc(NC(=O)C2CCCCC2)cc1)Nc1cccc(C(=O)O)c1. The molecular formula is C22H24N2O4S. The lowest BCUT2D eigenvalue weighted by Crippen LogP contribution is -2.24. The van der Waals surface area contributed by atoms with E-state index in [9.17, 15) is 14.4 Å². The van der Waals surface area contributed by atoms with Gasteiger partial charge in [0, 0.05) is 22.2 Å². The number of benzene rings is 2. The first kappa shape index (κ1) is 20.9. The van der Waals surface area contributed by atoms with Crippen LogP contribution in [0.5, 0.6) is 0 Å². The number of nitrogens with one attached hydrogen (secondary N) is 2.